The first-order chi connectivity index (χ1) is 18.8. The molecular formula is C30H36O9. The molecule has 1 fully saturated rings. The quantitative estimate of drug-likeness (QED) is 0.315. The summed E-state index contributed by atoms with van der Waals surface area (Å²) in [7, 11) is 3.07. The highest BCUT2D eigenvalue weighted by molar-refractivity contribution is 5.89. The molecule has 9 nitrogen and oxygen atoms in total. The first-order valence-corrected chi connectivity index (χ1v) is 12.9. The van der Waals surface area contributed by atoms with Crippen LogP contribution in [0.5, 0.6) is 11.5 Å². The molecule has 3 unspecified atom stereocenters. The fraction of sp³-hybridized carbons (Fsp3) is 0.433. The van der Waals surface area contributed by atoms with Gasteiger partial charge in [-0.2, -0.15) is 0 Å². The SMILES string of the molecule is COCOc1cc(OC)cc2c1C(O)OCC/C=C\C(OC(=O)c1ccccc1)C1OC(C)(C)O[C@H]1CC=C2. The van der Waals surface area contributed by atoms with E-state index in [-0.39, 0.29) is 13.4 Å². The predicted octanol–water partition coefficient (Wildman–Crippen LogP) is 4.79. The molecule has 2 aliphatic rings. The second-order valence-electron chi connectivity index (χ2n) is 9.63. The fourth-order valence-corrected chi connectivity index (χ4v) is 4.58. The van der Waals surface area contributed by atoms with Crippen molar-refractivity contribution in [1.82, 2.24) is 0 Å². The fourth-order valence-electron chi connectivity index (χ4n) is 4.58. The Morgan fingerprint density at radius 1 is 1.10 bits per heavy atom. The van der Waals surface area contributed by atoms with Gasteiger partial charge < -0.3 is 38.3 Å². The number of benzene rings is 2. The van der Waals surface area contributed by atoms with Gasteiger partial charge in [0, 0.05) is 13.2 Å². The van der Waals surface area contributed by atoms with E-state index >= 15 is 0 Å². The highest BCUT2D eigenvalue weighted by Gasteiger charge is 2.45. The Bertz CT molecular complexity index is 1160. The molecule has 39 heavy (non-hydrogen) atoms. The lowest BCUT2D eigenvalue weighted by molar-refractivity contribution is -0.152. The summed E-state index contributed by atoms with van der Waals surface area (Å²) in [6.45, 7) is 3.86. The van der Waals surface area contributed by atoms with Gasteiger partial charge in [-0.15, -0.1) is 0 Å². The van der Waals surface area contributed by atoms with Gasteiger partial charge >= 0.3 is 5.97 Å². The minimum atomic E-state index is -1.26. The van der Waals surface area contributed by atoms with Crippen LogP contribution < -0.4 is 9.47 Å². The van der Waals surface area contributed by atoms with Crippen LogP contribution in [0.2, 0.25) is 0 Å². The van der Waals surface area contributed by atoms with Crippen molar-refractivity contribution >= 4 is 12.0 Å². The zero-order chi connectivity index (χ0) is 27.8. The Morgan fingerprint density at radius 3 is 2.64 bits per heavy atom. The smallest absolute Gasteiger partial charge is 0.338 e. The van der Waals surface area contributed by atoms with E-state index in [1.807, 2.05) is 38.1 Å². The molecule has 210 valence electrons. The minimum absolute atomic E-state index is 0.00805. The van der Waals surface area contributed by atoms with Gasteiger partial charge in [-0.3, -0.25) is 0 Å². The van der Waals surface area contributed by atoms with Crippen molar-refractivity contribution < 1.29 is 43.1 Å². The van der Waals surface area contributed by atoms with Crippen molar-refractivity contribution in [2.75, 3.05) is 27.6 Å². The van der Waals surface area contributed by atoms with Crippen LogP contribution in [0.3, 0.4) is 0 Å². The number of fused-ring (bicyclic) bond motifs is 2. The summed E-state index contributed by atoms with van der Waals surface area (Å²) < 4.78 is 40.4. The van der Waals surface area contributed by atoms with E-state index in [0.717, 1.165) is 0 Å². The predicted molar refractivity (Wildman–Crippen MR) is 143 cm³/mol. The molecule has 2 aliphatic heterocycles. The summed E-state index contributed by atoms with van der Waals surface area (Å²) in [6, 6.07) is 12.3. The summed E-state index contributed by atoms with van der Waals surface area (Å²) in [5, 5.41) is 11.0. The number of hydrogen-bond donors (Lipinski definition) is 1. The van der Waals surface area contributed by atoms with Crippen molar-refractivity contribution in [3.63, 3.8) is 0 Å². The number of ether oxygens (including phenoxy) is 7. The Kier molecular flexibility index (Phi) is 9.77. The van der Waals surface area contributed by atoms with Crippen LogP contribution in [0, 0.1) is 0 Å². The van der Waals surface area contributed by atoms with Crippen molar-refractivity contribution in [2.45, 2.75) is 57.1 Å². The van der Waals surface area contributed by atoms with E-state index in [9.17, 15) is 9.90 Å². The summed E-state index contributed by atoms with van der Waals surface area (Å²) >= 11 is 0. The van der Waals surface area contributed by atoms with Gasteiger partial charge in [0.25, 0.3) is 0 Å². The van der Waals surface area contributed by atoms with Crippen molar-refractivity contribution in [3.05, 3.63) is 77.4 Å². The van der Waals surface area contributed by atoms with Gasteiger partial charge in [0.15, 0.2) is 18.9 Å². The number of rotatable bonds is 6. The normalized spacial score (nSPS) is 25.6. The maximum atomic E-state index is 12.9. The van der Waals surface area contributed by atoms with Crippen molar-refractivity contribution in [3.8, 4) is 11.5 Å². The lowest BCUT2D eigenvalue weighted by atomic mass is 10.0. The molecule has 2 aromatic carbocycles. The third kappa shape index (κ3) is 7.46. The molecule has 0 spiro atoms. The molecule has 0 aromatic heterocycles. The Balaban J connectivity index is 1.66. The molecule has 0 radical (unpaired) electrons. The van der Waals surface area contributed by atoms with Crippen LogP contribution in [0.1, 0.15) is 54.5 Å². The van der Waals surface area contributed by atoms with E-state index in [1.54, 1.807) is 49.6 Å². The molecule has 9 heteroatoms. The first kappa shape index (κ1) is 28.8. The van der Waals surface area contributed by atoms with Crippen LogP contribution in [0.25, 0.3) is 6.08 Å². The Hall–Kier alpha value is -3.21. The zero-order valence-electron chi connectivity index (χ0n) is 22.7. The molecule has 0 aliphatic carbocycles. The maximum Gasteiger partial charge on any atom is 0.338 e. The minimum Gasteiger partial charge on any atom is -0.497 e. The van der Waals surface area contributed by atoms with E-state index < -0.39 is 36.4 Å². The zero-order valence-corrected chi connectivity index (χ0v) is 22.7. The summed E-state index contributed by atoms with van der Waals surface area (Å²) in [5.74, 6) is -0.388. The van der Waals surface area contributed by atoms with Gasteiger partial charge in [-0.25, -0.2) is 4.79 Å². The first-order valence-electron chi connectivity index (χ1n) is 12.9. The number of carbonyl (C=O) groups is 1. The van der Waals surface area contributed by atoms with Gasteiger partial charge in [0.2, 0.25) is 0 Å². The highest BCUT2D eigenvalue weighted by atomic mass is 16.8. The van der Waals surface area contributed by atoms with Crippen molar-refractivity contribution in [2.24, 2.45) is 0 Å². The van der Waals surface area contributed by atoms with E-state index in [4.69, 9.17) is 33.2 Å². The molecule has 2 heterocycles. The molecule has 1 saturated heterocycles. The van der Waals surface area contributed by atoms with Crippen LogP contribution in [-0.2, 0) is 23.7 Å². The molecule has 2 aromatic rings. The average Bonchev–Trinajstić information content (AvgIpc) is 3.24. The molecule has 0 bridgehead atoms. The largest absolute Gasteiger partial charge is 0.497 e. The summed E-state index contributed by atoms with van der Waals surface area (Å²) in [6.07, 6.45) is 5.39. The summed E-state index contributed by atoms with van der Waals surface area (Å²) in [4.78, 5) is 12.9. The van der Waals surface area contributed by atoms with E-state index in [2.05, 4.69) is 0 Å². The highest BCUT2D eigenvalue weighted by Crippen LogP contribution is 2.37. The van der Waals surface area contributed by atoms with Crippen LogP contribution >= 0.6 is 0 Å². The number of esters is 1. The standard InChI is InChI=1S/C30H36O9/c1-30(2)38-24-15-10-13-21-17-22(34-4)18-25(36-19-33-3)26(21)29(32)35-16-9-8-14-23(27(24)39-30)37-28(31)20-11-6-5-7-12-20/h5-8,10-14,17-18,23-24,27,29,32H,9,15-16,19H2,1-4H3/b13-10?,14-8-/t23?,24-,27?,29?/m0/s1. The second kappa shape index (κ2) is 13.2. The molecule has 4 rings (SSSR count). The lowest BCUT2D eigenvalue weighted by Gasteiger charge is -2.24. The monoisotopic (exact) mass is 540 g/mol. The maximum absolute atomic E-state index is 12.9. The van der Waals surface area contributed by atoms with Crippen LogP contribution in [0.4, 0.5) is 0 Å². The van der Waals surface area contributed by atoms with E-state index in [1.165, 1.54) is 7.11 Å². The van der Waals surface area contributed by atoms with Gasteiger partial charge in [0.1, 0.15) is 23.7 Å². The van der Waals surface area contributed by atoms with Crippen LogP contribution in [0.15, 0.2) is 60.7 Å². The van der Waals surface area contributed by atoms with E-state index in [0.29, 0.717) is 41.0 Å². The third-order valence-corrected chi connectivity index (χ3v) is 6.31. The lowest BCUT2D eigenvalue weighted by Crippen LogP contribution is -2.37. The summed E-state index contributed by atoms with van der Waals surface area (Å²) in [5.41, 5.74) is 1.56. The number of aliphatic hydroxyl groups excluding tert-OH is 1. The number of carbonyl (C=O) groups excluding carboxylic acids is 1. The Labute approximate surface area is 228 Å². The molecular weight excluding hydrogens is 504 g/mol. The topological polar surface area (TPSA) is 102 Å². The molecule has 0 saturated carbocycles. The molecule has 0 amide bonds. The van der Waals surface area contributed by atoms with Gasteiger partial charge in [0.05, 0.1) is 30.9 Å². The van der Waals surface area contributed by atoms with Gasteiger partial charge in [-0.1, -0.05) is 36.4 Å². The average molecular weight is 541 g/mol. The van der Waals surface area contributed by atoms with Crippen molar-refractivity contribution in [1.29, 1.82) is 0 Å². The second-order valence-corrected chi connectivity index (χ2v) is 9.63. The Morgan fingerprint density at radius 2 is 1.90 bits per heavy atom. The number of hydrogen-bond acceptors (Lipinski definition) is 9. The van der Waals surface area contributed by atoms with Gasteiger partial charge in [-0.05, 0) is 56.5 Å². The number of methoxy groups -OCH3 is 2. The third-order valence-electron chi connectivity index (χ3n) is 6.31. The number of aliphatic hydroxyl groups is 1. The molecule has 1 N–H and O–H groups in total. The van der Waals surface area contributed by atoms with Crippen LogP contribution in [-0.4, -0.2) is 62.8 Å². The molecule has 4 atom stereocenters.